The SMILES string of the molecule is CCCc1ccnc(NC(=O)c2ccc(-c3nc(C(C)NC(=O)C=CCN(C)C)n4ccnc(C)c34)cc2)c1. The molecule has 0 saturated heterocycles. The molecule has 0 bridgehead atoms. The molecular weight excluding hydrogens is 490 g/mol. The Morgan fingerprint density at radius 1 is 1.10 bits per heavy atom. The summed E-state index contributed by atoms with van der Waals surface area (Å²) in [6, 6.07) is 10.8. The molecule has 0 spiro atoms. The number of rotatable bonds is 10. The summed E-state index contributed by atoms with van der Waals surface area (Å²) in [5, 5.41) is 5.88. The molecule has 1 atom stereocenters. The van der Waals surface area contributed by atoms with E-state index in [9.17, 15) is 9.59 Å². The summed E-state index contributed by atoms with van der Waals surface area (Å²) in [6.07, 6.45) is 10.6. The molecule has 202 valence electrons. The zero-order chi connectivity index (χ0) is 27.9. The summed E-state index contributed by atoms with van der Waals surface area (Å²) in [5.41, 5.74) is 4.91. The van der Waals surface area contributed by atoms with Crippen LogP contribution in [-0.2, 0) is 11.2 Å². The van der Waals surface area contributed by atoms with Gasteiger partial charge in [0.1, 0.15) is 11.6 Å². The fourth-order valence-corrected chi connectivity index (χ4v) is 4.38. The predicted octanol–water partition coefficient (Wildman–Crippen LogP) is 4.60. The van der Waals surface area contributed by atoms with Crippen molar-refractivity contribution in [1.82, 2.24) is 29.6 Å². The van der Waals surface area contributed by atoms with Crippen LogP contribution < -0.4 is 10.6 Å². The number of nitrogens with one attached hydrogen (secondary N) is 2. The average Bonchev–Trinajstić information content (AvgIpc) is 3.30. The number of fused-ring (bicyclic) bond motifs is 1. The average molecular weight is 526 g/mol. The van der Waals surface area contributed by atoms with Crippen LogP contribution in [0.2, 0.25) is 0 Å². The maximum Gasteiger partial charge on any atom is 0.256 e. The van der Waals surface area contributed by atoms with Gasteiger partial charge < -0.3 is 15.5 Å². The van der Waals surface area contributed by atoms with Crippen molar-refractivity contribution >= 4 is 23.1 Å². The van der Waals surface area contributed by atoms with E-state index in [0.717, 1.165) is 40.9 Å². The van der Waals surface area contributed by atoms with Gasteiger partial charge in [-0.3, -0.25) is 19.0 Å². The minimum atomic E-state index is -0.342. The fraction of sp³-hybridized carbons (Fsp3) is 0.300. The zero-order valence-corrected chi connectivity index (χ0v) is 23.1. The summed E-state index contributed by atoms with van der Waals surface area (Å²) >= 11 is 0. The molecule has 1 aromatic carbocycles. The lowest BCUT2D eigenvalue weighted by Gasteiger charge is -2.12. The Morgan fingerprint density at radius 2 is 1.87 bits per heavy atom. The molecule has 4 aromatic rings. The van der Waals surface area contributed by atoms with E-state index in [0.29, 0.717) is 23.8 Å². The van der Waals surface area contributed by atoms with Gasteiger partial charge in [0, 0.05) is 42.3 Å². The Labute approximate surface area is 229 Å². The second-order valence-electron chi connectivity index (χ2n) is 9.78. The third kappa shape index (κ3) is 6.74. The van der Waals surface area contributed by atoms with Crippen LogP contribution in [0.25, 0.3) is 16.8 Å². The molecule has 0 aliphatic rings. The quantitative estimate of drug-likeness (QED) is 0.293. The molecule has 0 saturated carbocycles. The third-order valence-corrected chi connectivity index (χ3v) is 6.28. The van der Waals surface area contributed by atoms with Gasteiger partial charge in [-0.15, -0.1) is 0 Å². The number of benzene rings is 1. The number of hydrogen-bond donors (Lipinski definition) is 2. The minimum Gasteiger partial charge on any atom is -0.343 e. The molecule has 3 heterocycles. The van der Waals surface area contributed by atoms with Gasteiger partial charge in [-0.05, 0) is 64.2 Å². The van der Waals surface area contributed by atoms with Crippen molar-refractivity contribution in [3.63, 3.8) is 0 Å². The standard InChI is InChI=1S/C30H35N7O2/c1-6-8-22-14-15-32-25(19-22)34-30(39)24-12-10-23(11-13-24)27-28-20(2)31-16-18-37(28)29(35-27)21(3)33-26(38)9-7-17-36(4)5/h7,9-16,18-19,21H,6,8,17H2,1-5H3,(H,33,38)(H,32,34,39). The number of aryl methyl sites for hydroxylation is 2. The van der Waals surface area contributed by atoms with Crippen molar-refractivity contribution in [2.75, 3.05) is 26.0 Å². The Hall–Kier alpha value is -4.37. The number of likely N-dealkylation sites (N-methyl/N-ethyl adjacent to an activating group) is 1. The topological polar surface area (TPSA) is 105 Å². The van der Waals surface area contributed by atoms with Crippen molar-refractivity contribution in [2.24, 2.45) is 0 Å². The van der Waals surface area contributed by atoms with Crippen LogP contribution in [0, 0.1) is 6.92 Å². The van der Waals surface area contributed by atoms with E-state index in [2.05, 4.69) is 27.5 Å². The molecule has 9 nitrogen and oxygen atoms in total. The first-order valence-corrected chi connectivity index (χ1v) is 13.1. The molecule has 2 amide bonds. The lowest BCUT2D eigenvalue weighted by Crippen LogP contribution is -2.26. The highest BCUT2D eigenvalue weighted by Crippen LogP contribution is 2.29. The molecular formula is C30H35N7O2. The summed E-state index contributed by atoms with van der Waals surface area (Å²) in [5.74, 6) is 0.821. The monoisotopic (exact) mass is 525 g/mol. The van der Waals surface area contributed by atoms with Gasteiger partial charge in [0.05, 0.1) is 22.9 Å². The number of carbonyl (C=O) groups excluding carboxylic acids is 2. The van der Waals surface area contributed by atoms with E-state index in [4.69, 9.17) is 4.98 Å². The number of amides is 2. The lowest BCUT2D eigenvalue weighted by molar-refractivity contribution is -0.117. The van der Waals surface area contributed by atoms with E-state index < -0.39 is 0 Å². The zero-order valence-electron chi connectivity index (χ0n) is 23.1. The van der Waals surface area contributed by atoms with Gasteiger partial charge in [-0.1, -0.05) is 31.6 Å². The highest BCUT2D eigenvalue weighted by atomic mass is 16.2. The number of anilines is 1. The first-order valence-electron chi connectivity index (χ1n) is 13.1. The highest BCUT2D eigenvalue weighted by Gasteiger charge is 2.20. The summed E-state index contributed by atoms with van der Waals surface area (Å²) in [7, 11) is 3.89. The third-order valence-electron chi connectivity index (χ3n) is 6.28. The minimum absolute atomic E-state index is 0.182. The van der Waals surface area contributed by atoms with Crippen molar-refractivity contribution in [1.29, 1.82) is 0 Å². The van der Waals surface area contributed by atoms with E-state index in [1.54, 1.807) is 30.6 Å². The van der Waals surface area contributed by atoms with Gasteiger partial charge >= 0.3 is 0 Å². The van der Waals surface area contributed by atoms with Crippen molar-refractivity contribution in [2.45, 2.75) is 39.7 Å². The molecule has 0 aliphatic carbocycles. The molecule has 1 unspecified atom stereocenters. The molecule has 39 heavy (non-hydrogen) atoms. The van der Waals surface area contributed by atoms with Gasteiger partial charge in [-0.2, -0.15) is 0 Å². The number of carbonyl (C=O) groups is 2. The van der Waals surface area contributed by atoms with Crippen molar-refractivity contribution < 1.29 is 9.59 Å². The van der Waals surface area contributed by atoms with Gasteiger partial charge in [0.25, 0.3) is 5.91 Å². The second kappa shape index (κ2) is 12.4. The largest absolute Gasteiger partial charge is 0.343 e. The fourth-order valence-electron chi connectivity index (χ4n) is 4.38. The molecule has 3 aromatic heterocycles. The summed E-state index contributed by atoms with van der Waals surface area (Å²) in [6.45, 7) is 6.63. The Bertz CT molecular complexity index is 1490. The lowest BCUT2D eigenvalue weighted by atomic mass is 10.1. The molecule has 0 fully saturated rings. The van der Waals surface area contributed by atoms with E-state index >= 15 is 0 Å². The predicted molar refractivity (Wildman–Crippen MR) is 154 cm³/mol. The summed E-state index contributed by atoms with van der Waals surface area (Å²) < 4.78 is 1.96. The Morgan fingerprint density at radius 3 is 2.59 bits per heavy atom. The normalized spacial score (nSPS) is 12.3. The van der Waals surface area contributed by atoms with Crippen LogP contribution in [0.1, 0.15) is 53.7 Å². The highest BCUT2D eigenvalue weighted by molar-refractivity contribution is 6.04. The number of hydrogen-bond acceptors (Lipinski definition) is 6. The number of aromatic nitrogens is 4. The Balaban J connectivity index is 1.57. The van der Waals surface area contributed by atoms with Crippen molar-refractivity contribution in [3.05, 3.63) is 89.8 Å². The van der Waals surface area contributed by atoms with Gasteiger partial charge in [-0.25, -0.2) is 9.97 Å². The smallest absolute Gasteiger partial charge is 0.256 e. The van der Waals surface area contributed by atoms with Crippen LogP contribution in [0.3, 0.4) is 0 Å². The van der Waals surface area contributed by atoms with Gasteiger partial charge in [0.2, 0.25) is 5.91 Å². The van der Waals surface area contributed by atoms with Crippen LogP contribution in [-0.4, -0.2) is 56.7 Å². The molecule has 9 heteroatoms. The van der Waals surface area contributed by atoms with Crippen LogP contribution in [0.5, 0.6) is 0 Å². The molecule has 0 radical (unpaired) electrons. The molecule has 2 N–H and O–H groups in total. The Kier molecular flexibility index (Phi) is 8.83. The second-order valence-corrected chi connectivity index (χ2v) is 9.78. The van der Waals surface area contributed by atoms with E-state index in [1.165, 1.54) is 0 Å². The van der Waals surface area contributed by atoms with Crippen LogP contribution in [0.4, 0.5) is 5.82 Å². The maximum absolute atomic E-state index is 12.9. The summed E-state index contributed by atoms with van der Waals surface area (Å²) in [4.78, 5) is 41.0. The van der Waals surface area contributed by atoms with Gasteiger partial charge in [0.15, 0.2) is 0 Å². The van der Waals surface area contributed by atoms with Crippen LogP contribution in [0.15, 0.2) is 67.1 Å². The molecule has 0 aliphatic heterocycles. The first-order chi connectivity index (χ1) is 18.8. The van der Waals surface area contributed by atoms with E-state index in [-0.39, 0.29) is 17.9 Å². The number of pyridine rings is 1. The maximum atomic E-state index is 12.9. The first kappa shape index (κ1) is 27.7. The number of nitrogens with zero attached hydrogens (tertiary/aromatic N) is 5. The number of imidazole rings is 1. The van der Waals surface area contributed by atoms with Crippen molar-refractivity contribution in [3.8, 4) is 11.3 Å². The van der Waals surface area contributed by atoms with Crippen LogP contribution >= 0.6 is 0 Å². The molecule has 4 rings (SSSR count). The van der Waals surface area contributed by atoms with E-state index in [1.807, 2.05) is 73.8 Å².